The summed E-state index contributed by atoms with van der Waals surface area (Å²) in [5.74, 6) is 5.80. The highest BCUT2D eigenvalue weighted by atomic mass is 14.2. The maximum absolute atomic E-state index is 5.95. The Morgan fingerprint density at radius 2 is 0.794 bits per heavy atom. The van der Waals surface area contributed by atoms with Gasteiger partial charge in [-0.2, -0.15) is 0 Å². The Labute approximate surface area is 199 Å². The zero-order chi connectivity index (χ0) is 23.1. The van der Waals surface area contributed by atoms with Gasteiger partial charge in [0.25, 0.3) is 0 Å². The van der Waals surface area contributed by atoms with E-state index in [1.807, 2.05) is 24.3 Å². The summed E-state index contributed by atoms with van der Waals surface area (Å²) in [4.78, 5) is 0. The summed E-state index contributed by atoms with van der Waals surface area (Å²) in [5, 5.41) is 7.05. The van der Waals surface area contributed by atoms with E-state index in [4.69, 9.17) is 12.8 Å². The van der Waals surface area contributed by atoms with Crippen LogP contribution in [0.5, 0.6) is 0 Å². The average molecular weight is 429 g/mol. The monoisotopic (exact) mass is 428 g/mol. The first kappa shape index (κ1) is 19.9. The minimum Gasteiger partial charge on any atom is -0.115 e. The second-order valence-corrected chi connectivity index (χ2v) is 8.42. The molecule has 0 aliphatic carbocycles. The van der Waals surface area contributed by atoms with Crippen LogP contribution in [0.15, 0.2) is 109 Å². The van der Waals surface area contributed by atoms with Crippen LogP contribution in [-0.4, -0.2) is 0 Å². The largest absolute Gasteiger partial charge is 0.115 e. The van der Waals surface area contributed by atoms with Crippen LogP contribution in [-0.2, 0) is 0 Å². The normalized spacial score (nSPS) is 10.9. The van der Waals surface area contributed by atoms with E-state index in [-0.39, 0.29) is 0 Å². The van der Waals surface area contributed by atoms with Gasteiger partial charge in [-0.05, 0) is 78.8 Å². The third kappa shape index (κ3) is 2.98. The molecule has 0 aliphatic heterocycles. The molecule has 0 aliphatic rings. The summed E-state index contributed by atoms with van der Waals surface area (Å²) in [7, 11) is 0. The lowest BCUT2D eigenvalue weighted by Crippen LogP contribution is -1.94. The van der Waals surface area contributed by atoms with Crippen molar-refractivity contribution >= 4 is 32.3 Å². The van der Waals surface area contributed by atoms with Gasteiger partial charge >= 0.3 is 0 Å². The van der Waals surface area contributed by atoms with Gasteiger partial charge in [0, 0.05) is 11.1 Å². The highest BCUT2D eigenvalue weighted by Crippen LogP contribution is 2.46. The Hall–Kier alpha value is -4.78. The molecule has 0 saturated carbocycles. The summed E-state index contributed by atoms with van der Waals surface area (Å²) in [6, 6.07) is 38.0. The van der Waals surface area contributed by atoms with Crippen LogP contribution in [0.4, 0.5) is 0 Å². The van der Waals surface area contributed by atoms with Crippen molar-refractivity contribution in [2.75, 3.05) is 0 Å². The molecule has 0 unspecified atom stereocenters. The van der Waals surface area contributed by atoms with Crippen molar-refractivity contribution in [1.29, 1.82) is 0 Å². The average Bonchev–Trinajstić information content (AvgIpc) is 2.90. The van der Waals surface area contributed by atoms with E-state index in [0.717, 1.165) is 44.2 Å². The smallest absolute Gasteiger partial charge is 0.0321 e. The van der Waals surface area contributed by atoms with Crippen molar-refractivity contribution < 1.29 is 0 Å². The van der Waals surface area contributed by atoms with Crippen LogP contribution in [0.25, 0.3) is 54.6 Å². The first-order valence-electron chi connectivity index (χ1n) is 11.3. The van der Waals surface area contributed by atoms with Crippen LogP contribution in [0, 0.1) is 24.7 Å². The predicted molar refractivity (Wildman–Crippen MR) is 146 cm³/mol. The molecule has 0 N–H and O–H groups in total. The zero-order valence-corrected chi connectivity index (χ0v) is 18.5. The first-order chi connectivity index (χ1) is 16.8. The summed E-state index contributed by atoms with van der Waals surface area (Å²) in [5.41, 5.74) is 6.23. The molecule has 0 atom stereocenters. The lowest BCUT2D eigenvalue weighted by Gasteiger charge is -2.20. The standard InChI is InChI=1S/C34H20/c1-3-23-13-7-9-17-27(23)33-29-19-11-12-20-30(29)34(28-18-10-8-14-24(28)4-2)32-22-26-16-6-5-15-25(26)21-31(32)33/h1-2,5-22H. The molecule has 0 saturated heterocycles. The van der Waals surface area contributed by atoms with Crippen molar-refractivity contribution in [3.05, 3.63) is 120 Å². The highest BCUT2D eigenvalue weighted by Gasteiger charge is 2.19. The molecule has 0 radical (unpaired) electrons. The van der Waals surface area contributed by atoms with Gasteiger partial charge in [-0.15, -0.1) is 12.8 Å². The third-order valence-corrected chi connectivity index (χ3v) is 6.59. The van der Waals surface area contributed by atoms with E-state index in [1.165, 1.54) is 21.5 Å². The fraction of sp³-hybridized carbons (Fsp3) is 0. The van der Waals surface area contributed by atoms with Crippen LogP contribution in [0.2, 0.25) is 0 Å². The Morgan fingerprint density at radius 3 is 1.24 bits per heavy atom. The second-order valence-electron chi connectivity index (χ2n) is 8.42. The maximum atomic E-state index is 5.95. The van der Waals surface area contributed by atoms with Gasteiger partial charge in [0.2, 0.25) is 0 Å². The van der Waals surface area contributed by atoms with Crippen LogP contribution >= 0.6 is 0 Å². The number of hydrogen-bond acceptors (Lipinski definition) is 0. The molecular weight excluding hydrogens is 408 g/mol. The Bertz CT molecular complexity index is 1690. The number of rotatable bonds is 2. The summed E-state index contributed by atoms with van der Waals surface area (Å²) >= 11 is 0. The molecule has 0 heterocycles. The number of terminal acetylenes is 2. The lowest BCUT2D eigenvalue weighted by atomic mass is 9.83. The van der Waals surface area contributed by atoms with E-state index in [2.05, 4.69) is 96.8 Å². The van der Waals surface area contributed by atoms with Crippen molar-refractivity contribution in [3.63, 3.8) is 0 Å². The quantitative estimate of drug-likeness (QED) is 0.192. The van der Waals surface area contributed by atoms with Gasteiger partial charge in [-0.3, -0.25) is 0 Å². The van der Waals surface area contributed by atoms with Crippen molar-refractivity contribution in [1.82, 2.24) is 0 Å². The fourth-order valence-corrected chi connectivity index (χ4v) is 5.10. The van der Waals surface area contributed by atoms with E-state index >= 15 is 0 Å². The molecule has 0 aromatic heterocycles. The lowest BCUT2D eigenvalue weighted by molar-refractivity contribution is 1.61. The van der Waals surface area contributed by atoms with Crippen LogP contribution < -0.4 is 0 Å². The summed E-state index contributed by atoms with van der Waals surface area (Å²) in [6.07, 6.45) is 11.9. The Kier molecular flexibility index (Phi) is 4.66. The molecular formula is C34H20. The van der Waals surface area contributed by atoms with Crippen molar-refractivity contribution in [3.8, 4) is 46.9 Å². The number of hydrogen-bond donors (Lipinski definition) is 0. The maximum Gasteiger partial charge on any atom is 0.0321 e. The van der Waals surface area contributed by atoms with E-state index in [9.17, 15) is 0 Å². The van der Waals surface area contributed by atoms with E-state index in [0.29, 0.717) is 0 Å². The summed E-state index contributed by atoms with van der Waals surface area (Å²) < 4.78 is 0. The van der Waals surface area contributed by atoms with Crippen molar-refractivity contribution in [2.24, 2.45) is 0 Å². The van der Waals surface area contributed by atoms with Crippen LogP contribution in [0.3, 0.4) is 0 Å². The van der Waals surface area contributed by atoms with Gasteiger partial charge < -0.3 is 0 Å². The predicted octanol–water partition coefficient (Wildman–Crippen LogP) is 8.44. The fourth-order valence-electron chi connectivity index (χ4n) is 5.10. The highest BCUT2D eigenvalue weighted by molar-refractivity contribution is 6.24. The Balaban J connectivity index is 1.92. The van der Waals surface area contributed by atoms with E-state index in [1.54, 1.807) is 0 Å². The second kappa shape index (κ2) is 7.97. The minimum atomic E-state index is 0.888. The molecule has 0 amide bonds. The molecule has 156 valence electrons. The van der Waals surface area contributed by atoms with Gasteiger partial charge in [0.05, 0.1) is 0 Å². The molecule has 0 bridgehead atoms. The van der Waals surface area contributed by atoms with Gasteiger partial charge in [-0.1, -0.05) is 96.8 Å². The minimum absolute atomic E-state index is 0.888. The van der Waals surface area contributed by atoms with Gasteiger partial charge in [-0.25, -0.2) is 0 Å². The molecule has 0 nitrogen and oxygen atoms in total. The topological polar surface area (TPSA) is 0 Å². The SMILES string of the molecule is C#Cc1ccccc1-c1c2ccccc2c(-c2ccccc2C#C)c2cc3ccccc3cc12. The van der Waals surface area contributed by atoms with E-state index < -0.39 is 0 Å². The molecule has 34 heavy (non-hydrogen) atoms. The first-order valence-corrected chi connectivity index (χ1v) is 11.3. The molecule has 6 aromatic carbocycles. The third-order valence-electron chi connectivity index (χ3n) is 6.59. The van der Waals surface area contributed by atoms with Crippen molar-refractivity contribution in [2.45, 2.75) is 0 Å². The molecule has 0 spiro atoms. The molecule has 6 aromatic rings. The summed E-state index contributed by atoms with van der Waals surface area (Å²) in [6.45, 7) is 0. The van der Waals surface area contributed by atoms with Crippen LogP contribution in [0.1, 0.15) is 11.1 Å². The van der Waals surface area contributed by atoms with Gasteiger partial charge in [0.15, 0.2) is 0 Å². The number of fused-ring (bicyclic) bond motifs is 3. The molecule has 6 rings (SSSR count). The number of benzene rings is 6. The molecule has 0 heteroatoms. The van der Waals surface area contributed by atoms with Gasteiger partial charge in [0.1, 0.15) is 0 Å². The Morgan fingerprint density at radius 1 is 0.412 bits per heavy atom. The molecule has 0 fully saturated rings. The zero-order valence-electron chi connectivity index (χ0n) is 18.5.